The minimum atomic E-state index is 0.681. The molecule has 1 aliphatic rings. The van der Waals surface area contributed by atoms with E-state index in [4.69, 9.17) is 9.47 Å². The summed E-state index contributed by atoms with van der Waals surface area (Å²) < 4.78 is 12.7. The highest BCUT2D eigenvalue weighted by Crippen LogP contribution is 2.19. The van der Waals surface area contributed by atoms with Crippen LogP contribution in [-0.4, -0.2) is 37.5 Å². The Morgan fingerprint density at radius 2 is 2.22 bits per heavy atom. The summed E-state index contributed by atoms with van der Waals surface area (Å²) in [5.74, 6) is 0. The number of ether oxygens (including phenoxy) is 2. The van der Waals surface area contributed by atoms with Gasteiger partial charge in [-0.1, -0.05) is 0 Å². The first-order valence-electron chi connectivity index (χ1n) is 6.84. The molecule has 4 nitrogen and oxygen atoms in total. The van der Waals surface area contributed by atoms with Gasteiger partial charge in [-0.25, -0.2) is 0 Å². The summed E-state index contributed by atoms with van der Waals surface area (Å²) in [4.78, 5) is 0. The molecule has 1 aliphatic carbocycles. The molecular formula is C14H24N2O2. The molecule has 0 aromatic carbocycles. The fraction of sp³-hybridized carbons (Fsp3) is 0.714. The smallest absolute Gasteiger partial charge is 0.0700 e. The quantitative estimate of drug-likeness (QED) is 0.645. The zero-order valence-corrected chi connectivity index (χ0v) is 11.2. The second kappa shape index (κ2) is 7.56. The summed E-state index contributed by atoms with van der Waals surface area (Å²) in [7, 11) is 1.70. The van der Waals surface area contributed by atoms with E-state index in [2.05, 4.69) is 28.2 Å². The summed E-state index contributed by atoms with van der Waals surface area (Å²) in [5, 5.41) is 3.55. The third-order valence-electron chi connectivity index (χ3n) is 3.19. The predicted molar refractivity (Wildman–Crippen MR) is 71.6 cm³/mol. The van der Waals surface area contributed by atoms with Crippen LogP contribution in [0.1, 0.15) is 25.0 Å². The lowest BCUT2D eigenvalue weighted by atomic mass is 10.4. The van der Waals surface area contributed by atoms with Crippen molar-refractivity contribution in [3.05, 3.63) is 24.0 Å². The van der Waals surface area contributed by atoms with E-state index in [-0.39, 0.29) is 0 Å². The molecule has 1 fully saturated rings. The molecule has 0 spiro atoms. The van der Waals surface area contributed by atoms with Gasteiger partial charge in [0.05, 0.1) is 13.2 Å². The minimum absolute atomic E-state index is 0.681. The van der Waals surface area contributed by atoms with Crippen LogP contribution in [0, 0.1) is 0 Å². The van der Waals surface area contributed by atoms with Crippen LogP contribution >= 0.6 is 0 Å². The monoisotopic (exact) mass is 252 g/mol. The van der Waals surface area contributed by atoms with Crippen molar-refractivity contribution in [1.82, 2.24) is 9.88 Å². The zero-order chi connectivity index (χ0) is 12.6. The van der Waals surface area contributed by atoms with Crippen molar-refractivity contribution in [2.75, 3.05) is 26.9 Å². The van der Waals surface area contributed by atoms with E-state index in [0.717, 1.165) is 32.2 Å². The Morgan fingerprint density at radius 1 is 1.33 bits per heavy atom. The number of hydrogen-bond donors (Lipinski definition) is 1. The summed E-state index contributed by atoms with van der Waals surface area (Å²) in [5.41, 5.74) is 1.37. The van der Waals surface area contributed by atoms with Gasteiger partial charge in [-0.05, 0) is 31.4 Å². The van der Waals surface area contributed by atoms with E-state index in [9.17, 15) is 0 Å². The third kappa shape index (κ3) is 4.80. The molecule has 0 amide bonds. The Balaban J connectivity index is 1.60. The van der Waals surface area contributed by atoms with Crippen molar-refractivity contribution < 1.29 is 9.47 Å². The lowest BCUT2D eigenvalue weighted by Gasteiger charge is -2.10. The Hall–Kier alpha value is -0.840. The first-order valence-corrected chi connectivity index (χ1v) is 6.84. The Kier molecular flexibility index (Phi) is 5.71. The molecule has 1 heterocycles. The van der Waals surface area contributed by atoms with Crippen LogP contribution in [-0.2, 0) is 22.6 Å². The second-order valence-corrected chi connectivity index (χ2v) is 4.81. The summed E-state index contributed by atoms with van der Waals surface area (Å²) in [6.07, 6.45) is 5.88. The molecule has 1 saturated carbocycles. The molecule has 1 aromatic rings. The highest BCUT2D eigenvalue weighted by molar-refractivity contribution is 5.07. The van der Waals surface area contributed by atoms with Crippen LogP contribution in [0.15, 0.2) is 18.3 Å². The predicted octanol–water partition coefficient (Wildman–Crippen LogP) is 1.79. The normalized spacial score (nSPS) is 15.2. The molecule has 2 rings (SSSR count). The zero-order valence-electron chi connectivity index (χ0n) is 11.2. The number of nitrogens with zero attached hydrogens (tertiary/aromatic N) is 1. The van der Waals surface area contributed by atoms with Gasteiger partial charge >= 0.3 is 0 Å². The molecule has 0 unspecified atom stereocenters. The van der Waals surface area contributed by atoms with Gasteiger partial charge in [0.25, 0.3) is 0 Å². The second-order valence-electron chi connectivity index (χ2n) is 4.81. The van der Waals surface area contributed by atoms with Gasteiger partial charge in [-0.15, -0.1) is 0 Å². The van der Waals surface area contributed by atoms with Crippen molar-refractivity contribution in [3.8, 4) is 0 Å². The van der Waals surface area contributed by atoms with Crippen LogP contribution in [0.5, 0.6) is 0 Å². The number of aryl methyl sites for hydroxylation is 1. The van der Waals surface area contributed by atoms with E-state index < -0.39 is 0 Å². The van der Waals surface area contributed by atoms with E-state index in [1.54, 1.807) is 7.11 Å². The molecule has 0 radical (unpaired) electrons. The van der Waals surface area contributed by atoms with Crippen molar-refractivity contribution in [3.63, 3.8) is 0 Å². The largest absolute Gasteiger partial charge is 0.382 e. The van der Waals surface area contributed by atoms with Crippen LogP contribution < -0.4 is 5.32 Å². The Labute approximate surface area is 109 Å². The van der Waals surface area contributed by atoms with Gasteiger partial charge in [0, 0.05) is 44.7 Å². The summed E-state index contributed by atoms with van der Waals surface area (Å²) in [6.45, 7) is 4.19. The van der Waals surface area contributed by atoms with Gasteiger partial charge in [0.2, 0.25) is 0 Å². The fourth-order valence-electron chi connectivity index (χ4n) is 1.95. The average Bonchev–Trinajstić information content (AvgIpc) is 3.11. The third-order valence-corrected chi connectivity index (χ3v) is 3.19. The molecule has 0 bridgehead atoms. The standard InChI is InChI=1S/C14H24N2O2/c1-17-10-11-18-9-3-8-16-7-2-4-14(16)12-15-13-5-6-13/h2,4,7,13,15H,3,5-6,8-12H2,1H3. The lowest BCUT2D eigenvalue weighted by molar-refractivity contribution is 0.0679. The molecule has 102 valence electrons. The Bertz CT molecular complexity index is 334. The SMILES string of the molecule is COCCOCCCn1cccc1CNC1CC1. The molecule has 18 heavy (non-hydrogen) atoms. The molecular weight excluding hydrogens is 228 g/mol. The van der Waals surface area contributed by atoms with E-state index >= 15 is 0 Å². The number of nitrogens with one attached hydrogen (secondary N) is 1. The summed E-state index contributed by atoms with van der Waals surface area (Å²) >= 11 is 0. The molecule has 1 N–H and O–H groups in total. The van der Waals surface area contributed by atoms with Crippen molar-refractivity contribution in [2.45, 2.75) is 38.4 Å². The number of aromatic nitrogens is 1. The fourth-order valence-corrected chi connectivity index (χ4v) is 1.95. The maximum absolute atomic E-state index is 5.47. The van der Waals surface area contributed by atoms with E-state index in [1.807, 2.05) is 0 Å². The van der Waals surface area contributed by atoms with Crippen LogP contribution in [0.3, 0.4) is 0 Å². The summed E-state index contributed by atoms with van der Waals surface area (Å²) in [6, 6.07) is 5.09. The van der Waals surface area contributed by atoms with Gasteiger partial charge in [0.15, 0.2) is 0 Å². The molecule has 4 heteroatoms. The van der Waals surface area contributed by atoms with Gasteiger partial charge < -0.3 is 19.4 Å². The van der Waals surface area contributed by atoms with Crippen LogP contribution in [0.4, 0.5) is 0 Å². The molecule has 0 aliphatic heterocycles. The van der Waals surface area contributed by atoms with Gasteiger partial charge in [0.1, 0.15) is 0 Å². The topological polar surface area (TPSA) is 35.4 Å². The number of rotatable bonds is 10. The molecule has 1 aromatic heterocycles. The Morgan fingerprint density at radius 3 is 3.00 bits per heavy atom. The van der Waals surface area contributed by atoms with Crippen LogP contribution in [0.25, 0.3) is 0 Å². The van der Waals surface area contributed by atoms with E-state index in [0.29, 0.717) is 13.2 Å². The minimum Gasteiger partial charge on any atom is -0.382 e. The van der Waals surface area contributed by atoms with Crippen molar-refractivity contribution in [2.24, 2.45) is 0 Å². The van der Waals surface area contributed by atoms with Gasteiger partial charge in [-0.2, -0.15) is 0 Å². The van der Waals surface area contributed by atoms with Crippen LogP contribution in [0.2, 0.25) is 0 Å². The van der Waals surface area contributed by atoms with Crippen molar-refractivity contribution >= 4 is 0 Å². The van der Waals surface area contributed by atoms with E-state index in [1.165, 1.54) is 18.5 Å². The highest BCUT2D eigenvalue weighted by atomic mass is 16.5. The first kappa shape index (κ1) is 13.6. The highest BCUT2D eigenvalue weighted by Gasteiger charge is 2.20. The van der Waals surface area contributed by atoms with Crippen molar-refractivity contribution in [1.29, 1.82) is 0 Å². The number of methoxy groups -OCH3 is 1. The maximum Gasteiger partial charge on any atom is 0.0700 e. The molecule has 0 saturated heterocycles. The number of hydrogen-bond acceptors (Lipinski definition) is 3. The maximum atomic E-state index is 5.47. The first-order chi connectivity index (χ1) is 8.90. The lowest BCUT2D eigenvalue weighted by Crippen LogP contribution is -2.18. The van der Waals surface area contributed by atoms with Gasteiger partial charge in [-0.3, -0.25) is 0 Å². The average molecular weight is 252 g/mol. The molecule has 0 atom stereocenters.